The Morgan fingerprint density at radius 3 is 2.16 bits per heavy atom. The van der Waals surface area contributed by atoms with Crippen LogP contribution in [0.4, 0.5) is 0 Å². The molecule has 2 nitrogen and oxygen atoms in total. The van der Waals surface area contributed by atoms with Crippen LogP contribution in [-0.4, -0.2) is 9.55 Å². The van der Waals surface area contributed by atoms with Crippen molar-refractivity contribution in [2.45, 2.75) is 19.3 Å². The Morgan fingerprint density at radius 1 is 0.564 bits per heavy atom. The van der Waals surface area contributed by atoms with Gasteiger partial charge < -0.3 is 0 Å². The van der Waals surface area contributed by atoms with Crippen molar-refractivity contribution < 1.29 is 0 Å². The normalized spacial score (nSPS) is 16.0. The molecule has 7 aromatic carbocycles. The second kappa shape index (κ2) is 13.0. The maximum atomic E-state index is 5.21. The summed E-state index contributed by atoms with van der Waals surface area (Å²) >= 11 is 0. The molecule has 1 atom stereocenters. The molecule has 0 radical (unpaired) electrons. The first-order valence-electron chi connectivity index (χ1n) is 19.5. The summed E-state index contributed by atoms with van der Waals surface area (Å²) in [6.45, 7) is 0. The molecule has 0 amide bonds. The number of para-hydroxylation sites is 1. The number of rotatable bonds is 5. The van der Waals surface area contributed by atoms with E-state index in [1.54, 1.807) is 0 Å². The smallest absolute Gasteiger partial charge is 0.145 e. The number of imidazole rings is 1. The zero-order valence-electron chi connectivity index (χ0n) is 30.5. The van der Waals surface area contributed by atoms with Crippen molar-refractivity contribution in [3.63, 3.8) is 0 Å². The highest BCUT2D eigenvalue weighted by Crippen LogP contribution is 2.46. The number of benzene rings is 7. The van der Waals surface area contributed by atoms with Crippen LogP contribution in [0.3, 0.4) is 0 Å². The lowest BCUT2D eigenvalue weighted by Gasteiger charge is -2.24. The average molecular weight is 703 g/mol. The average Bonchev–Trinajstić information content (AvgIpc) is 3.65. The first-order chi connectivity index (χ1) is 27.3. The third-order valence-corrected chi connectivity index (χ3v) is 11.7. The molecule has 1 unspecified atom stereocenters. The zero-order valence-corrected chi connectivity index (χ0v) is 30.5. The highest BCUT2D eigenvalue weighted by atomic mass is 15.1. The van der Waals surface area contributed by atoms with Gasteiger partial charge in [-0.3, -0.25) is 4.57 Å². The Hall–Kier alpha value is -6.77. The van der Waals surface area contributed by atoms with E-state index in [0.29, 0.717) is 5.92 Å². The van der Waals surface area contributed by atoms with Crippen LogP contribution in [0.5, 0.6) is 0 Å². The summed E-state index contributed by atoms with van der Waals surface area (Å²) in [6, 6.07) is 51.4. The molecule has 11 rings (SSSR count). The largest absolute Gasteiger partial charge is 0.293 e. The summed E-state index contributed by atoms with van der Waals surface area (Å²) in [5.41, 5.74) is 13.5. The molecule has 8 aromatic rings. The van der Waals surface area contributed by atoms with Crippen LogP contribution in [0.15, 0.2) is 188 Å². The van der Waals surface area contributed by atoms with Gasteiger partial charge in [0, 0.05) is 17.2 Å². The van der Waals surface area contributed by atoms with Gasteiger partial charge >= 0.3 is 0 Å². The molecule has 0 N–H and O–H groups in total. The fourth-order valence-electron chi connectivity index (χ4n) is 9.05. The van der Waals surface area contributed by atoms with Crippen molar-refractivity contribution in [1.82, 2.24) is 9.55 Å². The van der Waals surface area contributed by atoms with E-state index in [1.165, 1.54) is 82.7 Å². The lowest BCUT2D eigenvalue weighted by molar-refractivity contribution is 0.783. The predicted octanol–water partition coefficient (Wildman–Crippen LogP) is 13.7. The Balaban J connectivity index is 1.10. The lowest BCUT2D eigenvalue weighted by Crippen LogP contribution is -2.06. The number of allylic oxidation sites excluding steroid dienone is 9. The number of fused-ring (bicyclic) bond motifs is 5. The Kier molecular flexibility index (Phi) is 7.48. The Labute approximate surface area is 321 Å². The molecule has 0 fully saturated rings. The van der Waals surface area contributed by atoms with Crippen molar-refractivity contribution in [1.29, 1.82) is 0 Å². The minimum absolute atomic E-state index is 0.449. The van der Waals surface area contributed by atoms with Crippen molar-refractivity contribution in [3.05, 3.63) is 205 Å². The highest BCUT2D eigenvalue weighted by molar-refractivity contribution is 6.20. The van der Waals surface area contributed by atoms with Gasteiger partial charge in [-0.1, -0.05) is 158 Å². The quantitative estimate of drug-likeness (QED) is 0.163. The Morgan fingerprint density at radius 2 is 1.29 bits per heavy atom. The van der Waals surface area contributed by atoms with Crippen LogP contribution in [0.2, 0.25) is 0 Å². The molecule has 55 heavy (non-hydrogen) atoms. The molecular weight excluding hydrogens is 665 g/mol. The van der Waals surface area contributed by atoms with E-state index in [2.05, 4.69) is 193 Å². The van der Waals surface area contributed by atoms with Crippen LogP contribution in [0.1, 0.15) is 29.8 Å². The fourth-order valence-corrected chi connectivity index (χ4v) is 9.05. The molecule has 0 saturated carbocycles. The molecule has 0 saturated heterocycles. The standard InChI is InChI=1S/C53H38N2/c1-2-16-44(17-3-1)55-50-21-11-10-20-49(50)54-53(55)38-26-22-37(23-27-38)41-30-31-47-48(34-41)52(43-29-25-36-13-5-7-15-40(36)33-43)46-19-9-8-18-45(46)51(47)42-28-24-35-12-4-6-14-39(35)32-42/h1-9,11-19,21-23,25-35H,10,20,24H2. The molecular formula is C53H38N2. The third-order valence-electron chi connectivity index (χ3n) is 11.7. The van der Waals surface area contributed by atoms with E-state index in [-0.39, 0.29) is 0 Å². The van der Waals surface area contributed by atoms with Gasteiger partial charge in [0.15, 0.2) is 0 Å². The molecule has 1 aromatic heterocycles. The summed E-state index contributed by atoms with van der Waals surface area (Å²) < 4.78 is 2.31. The van der Waals surface area contributed by atoms with Crippen molar-refractivity contribution in [3.8, 4) is 39.3 Å². The summed E-state index contributed by atoms with van der Waals surface area (Å²) in [4.78, 5) is 5.21. The zero-order chi connectivity index (χ0) is 36.3. The van der Waals surface area contributed by atoms with E-state index in [1.807, 2.05) is 0 Å². The molecule has 2 heteroatoms. The van der Waals surface area contributed by atoms with Gasteiger partial charge in [-0.15, -0.1) is 0 Å². The van der Waals surface area contributed by atoms with Crippen molar-refractivity contribution in [2.75, 3.05) is 0 Å². The molecule has 0 bridgehead atoms. The number of aryl methyl sites for hydroxylation is 1. The van der Waals surface area contributed by atoms with Gasteiger partial charge in [-0.05, 0) is 121 Å². The van der Waals surface area contributed by atoms with Crippen LogP contribution in [0, 0.1) is 5.92 Å². The van der Waals surface area contributed by atoms with Gasteiger partial charge in [0.1, 0.15) is 5.82 Å². The molecule has 260 valence electrons. The van der Waals surface area contributed by atoms with Gasteiger partial charge in [-0.25, -0.2) is 4.98 Å². The highest BCUT2D eigenvalue weighted by Gasteiger charge is 2.23. The first kappa shape index (κ1) is 31.7. The molecule has 3 aliphatic rings. The topological polar surface area (TPSA) is 17.8 Å². The van der Waals surface area contributed by atoms with Crippen LogP contribution >= 0.6 is 0 Å². The second-order valence-corrected chi connectivity index (χ2v) is 15.0. The summed E-state index contributed by atoms with van der Waals surface area (Å²) in [5.74, 6) is 1.44. The van der Waals surface area contributed by atoms with Gasteiger partial charge in [0.05, 0.1) is 11.4 Å². The van der Waals surface area contributed by atoms with Crippen molar-refractivity contribution in [2.24, 2.45) is 5.92 Å². The molecule has 3 aliphatic carbocycles. The monoisotopic (exact) mass is 702 g/mol. The summed E-state index contributed by atoms with van der Waals surface area (Å²) in [6.07, 6.45) is 21.3. The summed E-state index contributed by atoms with van der Waals surface area (Å²) in [7, 11) is 0. The van der Waals surface area contributed by atoms with E-state index >= 15 is 0 Å². The second-order valence-electron chi connectivity index (χ2n) is 15.0. The number of nitrogens with zero attached hydrogens (tertiary/aromatic N) is 2. The van der Waals surface area contributed by atoms with Gasteiger partial charge in [0.25, 0.3) is 0 Å². The first-order valence-corrected chi connectivity index (χ1v) is 19.5. The lowest BCUT2D eigenvalue weighted by atomic mass is 9.80. The maximum Gasteiger partial charge on any atom is 0.145 e. The fraction of sp³-hybridized carbons (Fsp3) is 0.0755. The minimum Gasteiger partial charge on any atom is -0.293 e. The molecule has 1 heterocycles. The Bertz CT molecular complexity index is 2980. The summed E-state index contributed by atoms with van der Waals surface area (Å²) in [5, 5.41) is 7.62. The van der Waals surface area contributed by atoms with Crippen molar-refractivity contribution >= 4 is 44.0 Å². The molecule has 0 spiro atoms. The van der Waals surface area contributed by atoms with Gasteiger partial charge in [-0.2, -0.15) is 0 Å². The van der Waals surface area contributed by atoms with Gasteiger partial charge in [0.2, 0.25) is 0 Å². The number of hydrogen-bond acceptors (Lipinski definition) is 1. The number of aromatic nitrogens is 2. The SMILES string of the molecule is C1=CC2=CC(c3c4ccccc4c(-c4ccc5ccccc5c4)c4cc(-c5ccc(-c6nc7c(n6-c6ccccc6)C=CCC7)cc5)ccc34)=CCC2C=C1. The van der Waals surface area contributed by atoms with Crippen LogP contribution < -0.4 is 0 Å². The van der Waals surface area contributed by atoms with E-state index in [0.717, 1.165) is 36.3 Å². The predicted molar refractivity (Wildman–Crippen MR) is 232 cm³/mol. The minimum atomic E-state index is 0.449. The van der Waals surface area contributed by atoms with Crippen LogP contribution in [-0.2, 0) is 6.42 Å². The van der Waals surface area contributed by atoms with E-state index < -0.39 is 0 Å². The van der Waals surface area contributed by atoms with E-state index in [4.69, 9.17) is 4.98 Å². The molecule has 0 aliphatic heterocycles. The van der Waals surface area contributed by atoms with Crippen LogP contribution in [0.25, 0.3) is 83.3 Å². The maximum absolute atomic E-state index is 5.21. The number of hydrogen-bond donors (Lipinski definition) is 0. The third kappa shape index (κ3) is 5.36. The van der Waals surface area contributed by atoms with E-state index in [9.17, 15) is 0 Å².